The van der Waals surface area contributed by atoms with E-state index in [1.807, 2.05) is 6.08 Å². The fourth-order valence-electron chi connectivity index (χ4n) is 0.919. The zero-order valence-electron chi connectivity index (χ0n) is 5.80. The Morgan fingerprint density at radius 2 is 2.56 bits per heavy atom. The van der Waals surface area contributed by atoms with Crippen LogP contribution in [-0.4, -0.2) is 0 Å². The summed E-state index contributed by atoms with van der Waals surface area (Å²) in [5.41, 5.74) is 1.37. The van der Waals surface area contributed by atoms with Crippen molar-refractivity contribution in [3.63, 3.8) is 0 Å². The summed E-state index contributed by atoms with van der Waals surface area (Å²) in [4.78, 5) is 0. The number of hydrogen-bond acceptors (Lipinski definition) is 0. The van der Waals surface area contributed by atoms with Crippen molar-refractivity contribution in [3.05, 3.63) is 36.5 Å². The first-order valence-corrected chi connectivity index (χ1v) is 3.30. The minimum Gasteiger partial charge on any atom is -0.102 e. The number of allylic oxidation sites excluding steroid dienone is 5. The van der Waals surface area contributed by atoms with Gasteiger partial charge in [-0.15, -0.1) is 6.58 Å². The van der Waals surface area contributed by atoms with Crippen molar-refractivity contribution in [1.29, 1.82) is 0 Å². The molecule has 0 aromatic rings. The van der Waals surface area contributed by atoms with Crippen molar-refractivity contribution >= 4 is 0 Å². The van der Waals surface area contributed by atoms with Gasteiger partial charge in [-0.3, -0.25) is 0 Å². The minimum absolute atomic E-state index is 0.577. The molecule has 1 aliphatic rings. The van der Waals surface area contributed by atoms with Crippen LogP contribution >= 0.6 is 0 Å². The lowest BCUT2D eigenvalue weighted by molar-refractivity contribution is 0.816. The van der Waals surface area contributed by atoms with Gasteiger partial charge < -0.3 is 0 Å². The molecule has 0 saturated carbocycles. The molecule has 1 aliphatic carbocycles. The summed E-state index contributed by atoms with van der Waals surface area (Å²) in [5, 5.41) is 0. The summed E-state index contributed by atoms with van der Waals surface area (Å²) < 4.78 is 0. The maximum absolute atomic E-state index is 3.73. The third-order valence-electron chi connectivity index (χ3n) is 1.62. The highest BCUT2D eigenvalue weighted by molar-refractivity contribution is 5.23. The van der Waals surface area contributed by atoms with E-state index >= 15 is 0 Å². The highest BCUT2D eigenvalue weighted by atomic mass is 14.0. The van der Waals surface area contributed by atoms with Gasteiger partial charge in [0.1, 0.15) is 0 Å². The molecule has 0 nitrogen and oxygen atoms in total. The van der Waals surface area contributed by atoms with Crippen LogP contribution in [0, 0.1) is 5.92 Å². The molecule has 1 rings (SSSR count). The lowest BCUT2D eigenvalue weighted by atomic mass is 9.98. The first kappa shape index (κ1) is 6.34. The normalized spacial score (nSPS) is 25.4. The van der Waals surface area contributed by atoms with Gasteiger partial charge in [-0.25, -0.2) is 0 Å². The summed E-state index contributed by atoms with van der Waals surface area (Å²) in [6.07, 6.45) is 9.70. The van der Waals surface area contributed by atoms with Crippen molar-refractivity contribution in [2.45, 2.75) is 13.3 Å². The quantitative estimate of drug-likeness (QED) is 0.467. The number of rotatable bonds is 1. The van der Waals surface area contributed by atoms with E-state index in [9.17, 15) is 0 Å². The van der Waals surface area contributed by atoms with E-state index in [0.717, 1.165) is 6.42 Å². The molecule has 0 fully saturated rings. The first-order valence-electron chi connectivity index (χ1n) is 3.30. The van der Waals surface area contributed by atoms with Crippen molar-refractivity contribution in [2.75, 3.05) is 0 Å². The van der Waals surface area contributed by atoms with Crippen molar-refractivity contribution in [1.82, 2.24) is 0 Å². The summed E-state index contributed by atoms with van der Waals surface area (Å²) >= 11 is 0. The zero-order chi connectivity index (χ0) is 6.69. The Balaban J connectivity index is 2.58. The van der Waals surface area contributed by atoms with Gasteiger partial charge in [-0.2, -0.15) is 0 Å². The summed E-state index contributed by atoms with van der Waals surface area (Å²) in [7, 11) is 0. The van der Waals surface area contributed by atoms with Crippen molar-refractivity contribution in [3.8, 4) is 0 Å². The lowest BCUT2D eigenvalue weighted by Crippen LogP contribution is -1.93. The van der Waals surface area contributed by atoms with Crippen LogP contribution in [0.1, 0.15) is 13.3 Å². The van der Waals surface area contributed by atoms with Gasteiger partial charge in [0.05, 0.1) is 0 Å². The Labute approximate surface area is 56.6 Å². The van der Waals surface area contributed by atoms with E-state index in [1.165, 1.54) is 5.57 Å². The fourth-order valence-corrected chi connectivity index (χ4v) is 0.919. The summed E-state index contributed by atoms with van der Waals surface area (Å²) in [6.45, 7) is 5.85. The molecule has 0 heterocycles. The van der Waals surface area contributed by atoms with Crippen LogP contribution in [0.5, 0.6) is 0 Å². The monoisotopic (exact) mass is 120 g/mol. The minimum atomic E-state index is 0.577. The molecule has 0 aromatic heterocycles. The van der Waals surface area contributed by atoms with Crippen molar-refractivity contribution < 1.29 is 0 Å². The second kappa shape index (κ2) is 2.67. The van der Waals surface area contributed by atoms with E-state index in [2.05, 4.69) is 31.7 Å². The topological polar surface area (TPSA) is 0 Å². The molecule has 9 heavy (non-hydrogen) atoms. The summed E-state index contributed by atoms with van der Waals surface area (Å²) in [6, 6.07) is 0. The molecule has 1 unspecified atom stereocenters. The van der Waals surface area contributed by atoms with Gasteiger partial charge in [0, 0.05) is 0 Å². The Morgan fingerprint density at radius 3 is 3.00 bits per heavy atom. The van der Waals surface area contributed by atoms with E-state index < -0.39 is 0 Å². The lowest BCUT2D eigenvalue weighted by Gasteiger charge is -2.08. The molecule has 0 N–H and O–H groups in total. The Hall–Kier alpha value is -0.780. The van der Waals surface area contributed by atoms with Gasteiger partial charge >= 0.3 is 0 Å². The second-order valence-corrected chi connectivity index (χ2v) is 2.44. The molecule has 0 radical (unpaired) electrons. The molecule has 0 heteroatoms. The van der Waals surface area contributed by atoms with Gasteiger partial charge in [0.15, 0.2) is 0 Å². The predicted molar refractivity (Wildman–Crippen MR) is 41.2 cm³/mol. The van der Waals surface area contributed by atoms with Crippen LogP contribution in [0.4, 0.5) is 0 Å². The van der Waals surface area contributed by atoms with Gasteiger partial charge in [0.25, 0.3) is 0 Å². The Morgan fingerprint density at radius 1 is 1.78 bits per heavy atom. The highest BCUT2D eigenvalue weighted by Crippen LogP contribution is 2.15. The molecule has 1 atom stereocenters. The van der Waals surface area contributed by atoms with E-state index in [0.29, 0.717) is 5.92 Å². The second-order valence-electron chi connectivity index (χ2n) is 2.44. The smallest absolute Gasteiger partial charge is 0.00182 e. The molecule has 0 bridgehead atoms. The Kier molecular flexibility index (Phi) is 1.88. The van der Waals surface area contributed by atoms with E-state index in [-0.39, 0.29) is 0 Å². The third-order valence-corrected chi connectivity index (χ3v) is 1.62. The molecular formula is C9H12. The van der Waals surface area contributed by atoms with Gasteiger partial charge in [-0.1, -0.05) is 29.9 Å². The van der Waals surface area contributed by atoms with Crippen LogP contribution in [0.3, 0.4) is 0 Å². The molecule has 0 spiro atoms. The van der Waals surface area contributed by atoms with E-state index in [4.69, 9.17) is 0 Å². The molecular weight excluding hydrogens is 108 g/mol. The Bertz CT molecular complexity index is 161. The molecule has 0 aromatic carbocycles. The summed E-state index contributed by atoms with van der Waals surface area (Å²) in [5.74, 6) is 0.577. The van der Waals surface area contributed by atoms with Crippen LogP contribution in [-0.2, 0) is 0 Å². The maximum Gasteiger partial charge on any atom is -0.00182 e. The van der Waals surface area contributed by atoms with E-state index in [1.54, 1.807) is 0 Å². The largest absolute Gasteiger partial charge is 0.102 e. The zero-order valence-corrected chi connectivity index (χ0v) is 5.80. The molecule has 48 valence electrons. The molecule has 0 aliphatic heterocycles. The average Bonchev–Trinajstić information content (AvgIpc) is 1.90. The van der Waals surface area contributed by atoms with Crippen molar-refractivity contribution in [2.24, 2.45) is 5.92 Å². The van der Waals surface area contributed by atoms with Gasteiger partial charge in [-0.05, 0) is 19.3 Å². The fraction of sp³-hybridized carbons (Fsp3) is 0.333. The third kappa shape index (κ3) is 1.56. The van der Waals surface area contributed by atoms with Crippen LogP contribution in [0.2, 0.25) is 0 Å². The molecule has 0 amide bonds. The van der Waals surface area contributed by atoms with Crippen LogP contribution in [0.15, 0.2) is 36.5 Å². The maximum atomic E-state index is 3.73. The first-order chi connectivity index (χ1) is 4.33. The van der Waals surface area contributed by atoms with Gasteiger partial charge in [0.2, 0.25) is 0 Å². The molecule has 0 saturated heterocycles. The highest BCUT2D eigenvalue weighted by Gasteiger charge is 2.00. The van der Waals surface area contributed by atoms with Crippen LogP contribution in [0.25, 0.3) is 0 Å². The number of hydrogen-bond donors (Lipinski definition) is 0. The standard InChI is InChI=1S/C9H12/c1-3-9-6-4-8(2)5-7-9/h3-6,9H,1,7H2,2H3. The van der Waals surface area contributed by atoms with Crippen LogP contribution < -0.4 is 0 Å². The average molecular weight is 120 g/mol. The predicted octanol–water partition coefficient (Wildman–Crippen LogP) is 2.69. The SMILES string of the molecule is C=CC1C=CC(C)=CC1.